The number of halogens is 1. The molecular weight excluding hydrogens is 260 g/mol. The van der Waals surface area contributed by atoms with Gasteiger partial charge in [-0.15, -0.1) is 0 Å². The van der Waals surface area contributed by atoms with Gasteiger partial charge in [0.15, 0.2) is 0 Å². The molecule has 0 spiro atoms. The Morgan fingerprint density at radius 3 is 2.67 bits per heavy atom. The number of ether oxygens (including phenoxy) is 2. The number of hydrogen-bond donors (Lipinski definition) is 0. The van der Waals surface area contributed by atoms with Gasteiger partial charge in [-0.05, 0) is 24.6 Å². The Hall–Kier alpha value is -1.03. The first-order valence-electron chi connectivity index (χ1n) is 4.42. The van der Waals surface area contributed by atoms with Gasteiger partial charge < -0.3 is 9.47 Å². The highest BCUT2D eigenvalue weighted by molar-refractivity contribution is 9.09. The van der Waals surface area contributed by atoms with Gasteiger partial charge in [0.1, 0.15) is 5.75 Å². The average Bonchev–Trinajstić information content (AvgIpc) is 2.26. The predicted octanol–water partition coefficient (Wildman–Crippen LogP) is 2.74. The van der Waals surface area contributed by atoms with Crippen LogP contribution in [-0.4, -0.2) is 20.2 Å². The molecule has 0 saturated carbocycles. The lowest BCUT2D eigenvalue weighted by Crippen LogP contribution is -2.06. The number of carbonyl (C=O) groups is 1. The van der Waals surface area contributed by atoms with Crippen molar-refractivity contribution in [1.82, 2.24) is 0 Å². The summed E-state index contributed by atoms with van der Waals surface area (Å²) in [7, 11) is 2.89. The van der Waals surface area contributed by atoms with Crippen molar-refractivity contribution in [3.63, 3.8) is 0 Å². The molecule has 0 fully saturated rings. The Morgan fingerprint density at radius 2 is 2.20 bits per heavy atom. The summed E-state index contributed by atoms with van der Waals surface area (Å²) in [6, 6.07) is 6.28. The van der Waals surface area contributed by atoms with E-state index in [2.05, 4.69) is 22.0 Å². The van der Waals surface area contributed by atoms with Crippen molar-refractivity contribution in [3.05, 3.63) is 29.3 Å². The molecule has 0 aliphatic rings. The molecule has 15 heavy (non-hydrogen) atoms. The van der Waals surface area contributed by atoms with Crippen molar-refractivity contribution < 1.29 is 14.3 Å². The molecule has 1 atom stereocenters. The Morgan fingerprint density at radius 1 is 1.53 bits per heavy atom. The quantitative estimate of drug-likeness (QED) is 0.627. The maximum atomic E-state index is 11.5. The first-order chi connectivity index (χ1) is 7.10. The van der Waals surface area contributed by atoms with Crippen molar-refractivity contribution in [1.29, 1.82) is 0 Å². The minimum atomic E-state index is -0.372. The van der Waals surface area contributed by atoms with Crippen LogP contribution in [-0.2, 0) is 4.74 Å². The number of esters is 1. The number of benzene rings is 1. The molecule has 0 N–H and O–H groups in total. The third-order valence-corrected chi connectivity index (χ3v) is 2.50. The first kappa shape index (κ1) is 12.0. The molecule has 0 saturated heterocycles. The molecule has 1 aromatic carbocycles. The zero-order valence-electron chi connectivity index (χ0n) is 8.83. The monoisotopic (exact) mass is 271 g/mol. The highest BCUT2D eigenvalue weighted by atomic mass is 79.9. The molecular formula is C11H12BrO3. The van der Waals surface area contributed by atoms with Gasteiger partial charge in [0.25, 0.3) is 0 Å². The van der Waals surface area contributed by atoms with E-state index in [1.54, 1.807) is 12.1 Å². The minimum Gasteiger partial charge on any atom is -0.496 e. The van der Waals surface area contributed by atoms with Crippen LogP contribution < -0.4 is 4.74 Å². The molecule has 0 aliphatic carbocycles. The number of methoxy groups -OCH3 is 2. The van der Waals surface area contributed by atoms with Crippen LogP contribution >= 0.6 is 15.9 Å². The lowest BCUT2D eigenvalue weighted by atomic mass is 10.0. The van der Waals surface area contributed by atoms with Gasteiger partial charge in [0.05, 0.1) is 19.8 Å². The Kier molecular flexibility index (Phi) is 4.15. The Balaban J connectivity index is 3.22. The van der Waals surface area contributed by atoms with Gasteiger partial charge in [0, 0.05) is 10.9 Å². The summed E-state index contributed by atoms with van der Waals surface area (Å²) in [4.78, 5) is 11.6. The molecule has 1 rings (SSSR count). The number of hydrogen-bond acceptors (Lipinski definition) is 3. The smallest absolute Gasteiger partial charge is 0.338 e. The third kappa shape index (κ3) is 2.72. The Bertz CT molecular complexity index is 361. The summed E-state index contributed by atoms with van der Waals surface area (Å²) in [5, 5.41) is 0. The van der Waals surface area contributed by atoms with Gasteiger partial charge in [-0.2, -0.15) is 0 Å². The fourth-order valence-corrected chi connectivity index (χ4v) is 1.60. The standard InChI is InChI=1S/C11H12BrO3/c1-7(12)9-5-4-8(14-2)6-10(9)11(13)15-3/h5-7H,1-3H3. The molecule has 0 amide bonds. The van der Waals surface area contributed by atoms with E-state index in [0.717, 1.165) is 5.56 Å². The number of alkyl halides is 1. The third-order valence-electron chi connectivity index (χ3n) is 2.01. The molecule has 0 aromatic heterocycles. The van der Waals surface area contributed by atoms with E-state index in [9.17, 15) is 4.79 Å². The van der Waals surface area contributed by atoms with Crippen LogP contribution in [0.4, 0.5) is 0 Å². The highest BCUT2D eigenvalue weighted by Gasteiger charge is 2.16. The highest BCUT2D eigenvalue weighted by Crippen LogP contribution is 2.28. The van der Waals surface area contributed by atoms with Crippen LogP contribution in [0, 0.1) is 6.07 Å². The molecule has 1 aromatic rings. The summed E-state index contributed by atoms with van der Waals surface area (Å²) >= 11 is 3.41. The average molecular weight is 272 g/mol. The lowest BCUT2D eigenvalue weighted by molar-refractivity contribution is 0.0599. The number of carbonyl (C=O) groups excluding carboxylic acids is 1. The summed E-state index contributed by atoms with van der Waals surface area (Å²) in [5.74, 6) is 0.149. The van der Waals surface area contributed by atoms with Crippen molar-refractivity contribution in [3.8, 4) is 5.75 Å². The predicted molar refractivity (Wildman–Crippen MR) is 60.5 cm³/mol. The van der Waals surface area contributed by atoms with E-state index in [0.29, 0.717) is 11.3 Å². The maximum absolute atomic E-state index is 11.5. The topological polar surface area (TPSA) is 35.5 Å². The van der Waals surface area contributed by atoms with E-state index in [-0.39, 0.29) is 10.8 Å². The zero-order chi connectivity index (χ0) is 11.4. The van der Waals surface area contributed by atoms with Crippen LogP contribution in [0.25, 0.3) is 0 Å². The van der Waals surface area contributed by atoms with Gasteiger partial charge in [-0.1, -0.05) is 15.9 Å². The van der Waals surface area contributed by atoms with Gasteiger partial charge in [-0.3, -0.25) is 0 Å². The van der Waals surface area contributed by atoms with Crippen LogP contribution in [0.15, 0.2) is 12.1 Å². The first-order valence-corrected chi connectivity index (χ1v) is 5.33. The maximum Gasteiger partial charge on any atom is 0.338 e. The fourth-order valence-electron chi connectivity index (χ4n) is 1.22. The van der Waals surface area contributed by atoms with Gasteiger partial charge in [0.2, 0.25) is 0 Å². The van der Waals surface area contributed by atoms with Crippen molar-refractivity contribution in [2.75, 3.05) is 14.2 Å². The number of rotatable bonds is 3. The lowest BCUT2D eigenvalue weighted by Gasteiger charge is -2.11. The van der Waals surface area contributed by atoms with Crippen LogP contribution in [0.1, 0.15) is 27.7 Å². The van der Waals surface area contributed by atoms with Crippen molar-refractivity contribution >= 4 is 21.9 Å². The zero-order valence-corrected chi connectivity index (χ0v) is 10.4. The van der Waals surface area contributed by atoms with Gasteiger partial charge in [-0.25, -0.2) is 4.79 Å². The van der Waals surface area contributed by atoms with E-state index >= 15 is 0 Å². The summed E-state index contributed by atoms with van der Waals surface area (Å²) in [5.41, 5.74) is 1.33. The summed E-state index contributed by atoms with van der Waals surface area (Å²) < 4.78 is 9.70. The van der Waals surface area contributed by atoms with Gasteiger partial charge >= 0.3 is 5.97 Å². The van der Waals surface area contributed by atoms with Crippen LogP contribution in [0.5, 0.6) is 5.75 Å². The second-order valence-corrected chi connectivity index (χ2v) is 4.35. The second-order valence-electron chi connectivity index (χ2n) is 2.98. The van der Waals surface area contributed by atoms with Crippen LogP contribution in [0.3, 0.4) is 0 Å². The fraction of sp³-hybridized carbons (Fsp3) is 0.364. The molecule has 0 aliphatic heterocycles. The molecule has 4 heteroatoms. The molecule has 1 radical (unpaired) electrons. The van der Waals surface area contributed by atoms with E-state index in [4.69, 9.17) is 9.47 Å². The van der Waals surface area contributed by atoms with Crippen LogP contribution in [0.2, 0.25) is 0 Å². The van der Waals surface area contributed by atoms with Crippen molar-refractivity contribution in [2.45, 2.75) is 11.8 Å². The molecule has 3 nitrogen and oxygen atoms in total. The van der Waals surface area contributed by atoms with E-state index in [1.807, 2.05) is 6.92 Å². The summed E-state index contributed by atoms with van der Waals surface area (Å²) in [6.45, 7) is 1.93. The minimum absolute atomic E-state index is 0.0637. The molecule has 0 heterocycles. The largest absolute Gasteiger partial charge is 0.496 e. The van der Waals surface area contributed by atoms with E-state index < -0.39 is 0 Å². The SMILES string of the molecule is COC(=O)c1cc(OC)[c]cc1C(C)Br. The van der Waals surface area contributed by atoms with E-state index in [1.165, 1.54) is 14.2 Å². The van der Waals surface area contributed by atoms with Crippen molar-refractivity contribution in [2.24, 2.45) is 0 Å². The normalized spacial score (nSPS) is 12.0. The second kappa shape index (κ2) is 5.16. The Labute approximate surface area is 97.5 Å². The molecule has 81 valence electrons. The molecule has 1 unspecified atom stereocenters. The summed E-state index contributed by atoms with van der Waals surface area (Å²) in [6.07, 6.45) is 0. The molecule has 0 bridgehead atoms.